The van der Waals surface area contributed by atoms with Crippen LogP contribution >= 0.6 is 0 Å². The molecule has 1 aliphatic rings. The average Bonchev–Trinajstić information content (AvgIpc) is 2.87. The van der Waals surface area contributed by atoms with Crippen LogP contribution in [0, 0.1) is 12.7 Å². The number of nitrogens with one attached hydrogen (secondary N) is 1. The predicted molar refractivity (Wildman–Crippen MR) is 80.7 cm³/mol. The van der Waals surface area contributed by atoms with E-state index in [1.165, 1.54) is 6.07 Å². The molecule has 0 bridgehead atoms. The number of methoxy groups -OCH3 is 1. The van der Waals surface area contributed by atoms with E-state index in [1.807, 2.05) is 25.1 Å². The van der Waals surface area contributed by atoms with Crippen molar-refractivity contribution < 1.29 is 13.9 Å². The van der Waals surface area contributed by atoms with Crippen molar-refractivity contribution in [2.24, 2.45) is 0 Å². The van der Waals surface area contributed by atoms with Gasteiger partial charge in [-0.2, -0.15) is 0 Å². The minimum Gasteiger partial charge on any atom is -0.496 e. The van der Waals surface area contributed by atoms with Crippen molar-refractivity contribution in [1.82, 2.24) is 0 Å². The Bertz CT molecular complexity index is 657. The zero-order valence-corrected chi connectivity index (χ0v) is 12.2. The lowest BCUT2D eigenvalue weighted by molar-refractivity contribution is 0.246. The lowest BCUT2D eigenvalue weighted by atomic mass is 10.1. The Balaban J connectivity index is 1.61. The lowest BCUT2D eigenvalue weighted by Crippen LogP contribution is -2.23. The van der Waals surface area contributed by atoms with Crippen LogP contribution < -0.4 is 14.8 Å². The summed E-state index contributed by atoms with van der Waals surface area (Å²) >= 11 is 0. The number of benzene rings is 2. The van der Waals surface area contributed by atoms with Gasteiger partial charge in [0.15, 0.2) is 0 Å². The quantitative estimate of drug-likeness (QED) is 0.932. The number of ether oxygens (including phenoxy) is 2. The van der Waals surface area contributed by atoms with Crippen LogP contribution in [0.3, 0.4) is 0 Å². The minimum absolute atomic E-state index is 0.0317. The molecule has 0 aliphatic carbocycles. The molecule has 0 saturated carbocycles. The van der Waals surface area contributed by atoms with Gasteiger partial charge in [-0.05, 0) is 48.9 Å². The molecule has 1 heterocycles. The maximum absolute atomic E-state index is 13.2. The van der Waals surface area contributed by atoms with Gasteiger partial charge in [0.2, 0.25) is 0 Å². The third-order valence-electron chi connectivity index (χ3n) is 3.69. The van der Waals surface area contributed by atoms with Gasteiger partial charge < -0.3 is 14.8 Å². The Morgan fingerprint density at radius 2 is 2.14 bits per heavy atom. The summed E-state index contributed by atoms with van der Waals surface area (Å²) in [4.78, 5) is 0. The van der Waals surface area contributed by atoms with E-state index in [1.54, 1.807) is 19.2 Å². The number of fused-ring (bicyclic) bond motifs is 1. The Labute approximate surface area is 123 Å². The number of hydrogen-bond acceptors (Lipinski definition) is 3. The number of aryl methyl sites for hydroxylation is 1. The molecule has 0 spiro atoms. The summed E-state index contributed by atoms with van der Waals surface area (Å²) in [6, 6.07) is 10.6. The molecule has 0 aromatic heterocycles. The fourth-order valence-electron chi connectivity index (χ4n) is 2.62. The summed E-state index contributed by atoms with van der Waals surface area (Å²) in [5, 5.41) is 3.35. The molecule has 1 unspecified atom stereocenters. The van der Waals surface area contributed by atoms with Gasteiger partial charge in [0.1, 0.15) is 23.4 Å². The van der Waals surface area contributed by atoms with E-state index in [0.29, 0.717) is 6.54 Å². The maximum atomic E-state index is 13.2. The van der Waals surface area contributed by atoms with Crippen LogP contribution in [0.5, 0.6) is 11.5 Å². The molecule has 0 fully saturated rings. The van der Waals surface area contributed by atoms with Crippen LogP contribution in [-0.2, 0) is 6.42 Å². The summed E-state index contributed by atoms with van der Waals surface area (Å²) in [6.07, 6.45) is 0.763. The highest BCUT2D eigenvalue weighted by Crippen LogP contribution is 2.29. The predicted octanol–water partition coefficient (Wildman–Crippen LogP) is 3.56. The molecule has 3 rings (SSSR count). The number of rotatable bonds is 4. The van der Waals surface area contributed by atoms with Gasteiger partial charge >= 0.3 is 0 Å². The molecule has 21 heavy (non-hydrogen) atoms. The van der Waals surface area contributed by atoms with E-state index in [-0.39, 0.29) is 11.9 Å². The van der Waals surface area contributed by atoms with Crippen LogP contribution in [0.15, 0.2) is 36.4 Å². The molecule has 2 aromatic carbocycles. The number of halogens is 1. The van der Waals surface area contributed by atoms with E-state index in [2.05, 4.69) is 5.32 Å². The SMILES string of the molecule is COc1ccc(NCC2Cc3cc(F)ccc3O2)cc1C. The summed E-state index contributed by atoms with van der Waals surface area (Å²) in [5.41, 5.74) is 3.05. The largest absolute Gasteiger partial charge is 0.496 e. The smallest absolute Gasteiger partial charge is 0.123 e. The highest BCUT2D eigenvalue weighted by Gasteiger charge is 2.22. The van der Waals surface area contributed by atoms with Crippen molar-refractivity contribution in [3.8, 4) is 11.5 Å². The summed E-state index contributed by atoms with van der Waals surface area (Å²) in [6.45, 7) is 2.69. The highest BCUT2D eigenvalue weighted by atomic mass is 19.1. The second-order valence-corrected chi connectivity index (χ2v) is 5.26. The van der Waals surface area contributed by atoms with E-state index in [0.717, 1.165) is 34.7 Å². The van der Waals surface area contributed by atoms with E-state index in [4.69, 9.17) is 9.47 Å². The van der Waals surface area contributed by atoms with Gasteiger partial charge in [-0.1, -0.05) is 0 Å². The first kappa shape index (κ1) is 13.7. The van der Waals surface area contributed by atoms with Crippen molar-refractivity contribution >= 4 is 5.69 Å². The van der Waals surface area contributed by atoms with E-state index in [9.17, 15) is 4.39 Å². The number of hydrogen-bond donors (Lipinski definition) is 1. The Morgan fingerprint density at radius 3 is 2.90 bits per heavy atom. The molecule has 1 N–H and O–H groups in total. The van der Waals surface area contributed by atoms with Gasteiger partial charge in [0, 0.05) is 17.7 Å². The van der Waals surface area contributed by atoms with Crippen molar-refractivity contribution in [1.29, 1.82) is 0 Å². The third kappa shape index (κ3) is 2.94. The van der Waals surface area contributed by atoms with Crippen LogP contribution in [0.4, 0.5) is 10.1 Å². The summed E-state index contributed by atoms with van der Waals surface area (Å²) in [5.74, 6) is 1.45. The van der Waals surface area contributed by atoms with Gasteiger partial charge in [0.25, 0.3) is 0 Å². The standard InChI is InChI=1S/C17H18FNO2/c1-11-7-14(4-6-16(11)20-2)19-10-15-9-12-8-13(18)3-5-17(12)21-15/h3-8,15,19H,9-10H2,1-2H3. The second kappa shape index (κ2) is 5.64. The third-order valence-corrected chi connectivity index (χ3v) is 3.69. The minimum atomic E-state index is -0.211. The highest BCUT2D eigenvalue weighted by molar-refractivity contribution is 5.51. The monoisotopic (exact) mass is 287 g/mol. The van der Waals surface area contributed by atoms with Crippen LogP contribution in [-0.4, -0.2) is 19.8 Å². The average molecular weight is 287 g/mol. The zero-order valence-electron chi connectivity index (χ0n) is 12.2. The van der Waals surface area contributed by atoms with Crippen LogP contribution in [0.2, 0.25) is 0 Å². The topological polar surface area (TPSA) is 30.5 Å². The van der Waals surface area contributed by atoms with Gasteiger partial charge in [-0.25, -0.2) is 4.39 Å². The van der Waals surface area contributed by atoms with E-state index < -0.39 is 0 Å². The Hall–Kier alpha value is -2.23. The Morgan fingerprint density at radius 1 is 1.29 bits per heavy atom. The van der Waals surface area contributed by atoms with Gasteiger partial charge in [-0.15, -0.1) is 0 Å². The lowest BCUT2D eigenvalue weighted by Gasteiger charge is -2.14. The van der Waals surface area contributed by atoms with Crippen LogP contribution in [0.25, 0.3) is 0 Å². The molecule has 4 heteroatoms. The van der Waals surface area contributed by atoms with Crippen LogP contribution in [0.1, 0.15) is 11.1 Å². The van der Waals surface area contributed by atoms with E-state index >= 15 is 0 Å². The molecular weight excluding hydrogens is 269 g/mol. The van der Waals surface area contributed by atoms with Crippen molar-refractivity contribution in [3.63, 3.8) is 0 Å². The Kier molecular flexibility index (Phi) is 3.69. The number of anilines is 1. The molecule has 110 valence electrons. The molecule has 0 saturated heterocycles. The maximum Gasteiger partial charge on any atom is 0.123 e. The van der Waals surface area contributed by atoms with Gasteiger partial charge in [0.05, 0.1) is 13.7 Å². The molecule has 0 amide bonds. The first-order chi connectivity index (χ1) is 10.2. The summed E-state index contributed by atoms with van der Waals surface area (Å²) < 4.78 is 24.2. The van der Waals surface area contributed by atoms with Crippen molar-refractivity contribution in [3.05, 3.63) is 53.3 Å². The van der Waals surface area contributed by atoms with Crippen molar-refractivity contribution in [2.75, 3.05) is 19.0 Å². The summed E-state index contributed by atoms with van der Waals surface area (Å²) in [7, 11) is 1.66. The molecule has 1 aliphatic heterocycles. The van der Waals surface area contributed by atoms with Crippen molar-refractivity contribution in [2.45, 2.75) is 19.4 Å². The first-order valence-corrected chi connectivity index (χ1v) is 6.99. The molecular formula is C17H18FNO2. The second-order valence-electron chi connectivity index (χ2n) is 5.26. The molecule has 3 nitrogen and oxygen atoms in total. The zero-order chi connectivity index (χ0) is 14.8. The first-order valence-electron chi connectivity index (χ1n) is 6.99. The fraction of sp³-hybridized carbons (Fsp3) is 0.294. The van der Waals surface area contributed by atoms with Gasteiger partial charge in [-0.3, -0.25) is 0 Å². The normalized spacial score (nSPS) is 16.2. The fourth-order valence-corrected chi connectivity index (χ4v) is 2.62. The molecule has 1 atom stereocenters. The molecule has 0 radical (unpaired) electrons. The molecule has 2 aromatic rings.